The van der Waals surface area contributed by atoms with Gasteiger partial charge in [0.2, 0.25) is 0 Å². The second kappa shape index (κ2) is 9.23. The van der Waals surface area contributed by atoms with Crippen molar-refractivity contribution in [3.05, 3.63) is 71.3 Å². The summed E-state index contributed by atoms with van der Waals surface area (Å²) in [7, 11) is 0. The molecule has 0 radical (unpaired) electrons. The fourth-order valence-corrected chi connectivity index (χ4v) is 3.29. The highest BCUT2D eigenvalue weighted by Gasteiger charge is 2.31. The highest BCUT2D eigenvalue weighted by molar-refractivity contribution is 5.94. The molecule has 1 aromatic heterocycles. The van der Waals surface area contributed by atoms with E-state index < -0.39 is 5.97 Å². The van der Waals surface area contributed by atoms with Crippen molar-refractivity contribution >= 4 is 12.0 Å². The van der Waals surface area contributed by atoms with E-state index in [9.17, 15) is 9.59 Å². The van der Waals surface area contributed by atoms with Crippen LogP contribution in [0.1, 0.15) is 37.6 Å². The number of carbonyl (C=O) groups excluding carboxylic acids is 2. The number of amides is 2. The molecule has 2 aromatic rings. The Kier molecular flexibility index (Phi) is 6.49. The van der Waals surface area contributed by atoms with Crippen LogP contribution in [0.5, 0.6) is 0 Å². The summed E-state index contributed by atoms with van der Waals surface area (Å²) >= 11 is 0. The van der Waals surface area contributed by atoms with Crippen molar-refractivity contribution in [1.29, 1.82) is 0 Å². The third kappa shape index (κ3) is 4.43. The summed E-state index contributed by atoms with van der Waals surface area (Å²) in [4.78, 5) is 24.6. The Balaban J connectivity index is 1.89. The van der Waals surface area contributed by atoms with Crippen LogP contribution in [0, 0.1) is 0 Å². The molecule has 0 bridgehead atoms. The smallest absolute Gasteiger partial charge is 0.337 e. The predicted molar refractivity (Wildman–Crippen MR) is 104 cm³/mol. The van der Waals surface area contributed by atoms with E-state index in [-0.39, 0.29) is 31.3 Å². The van der Waals surface area contributed by atoms with Crippen LogP contribution in [0.15, 0.2) is 64.4 Å². The lowest BCUT2D eigenvalue weighted by Gasteiger charge is -2.29. The molecule has 3 rings (SSSR count). The second-order valence-corrected chi connectivity index (χ2v) is 6.41. The zero-order valence-corrected chi connectivity index (χ0v) is 16.0. The highest BCUT2D eigenvalue weighted by Crippen LogP contribution is 2.23. The van der Waals surface area contributed by atoms with Crippen LogP contribution in [-0.2, 0) is 9.53 Å². The van der Waals surface area contributed by atoms with E-state index >= 15 is 0 Å². The summed E-state index contributed by atoms with van der Waals surface area (Å²) in [5.41, 5.74) is 1.98. The Bertz CT molecular complexity index is 831. The molecule has 0 saturated carbocycles. The van der Waals surface area contributed by atoms with Gasteiger partial charge in [0.15, 0.2) is 0 Å². The van der Waals surface area contributed by atoms with Gasteiger partial charge in [-0.15, -0.1) is 0 Å². The van der Waals surface area contributed by atoms with Crippen LogP contribution in [0.3, 0.4) is 0 Å². The summed E-state index contributed by atoms with van der Waals surface area (Å²) in [5.74, 6) is 0.324. The van der Waals surface area contributed by atoms with E-state index in [0.717, 1.165) is 11.3 Å². The molecule has 2 amide bonds. The number of furan rings is 1. The molecule has 0 unspecified atom stereocenters. The van der Waals surface area contributed by atoms with Gasteiger partial charge in [0.1, 0.15) is 5.76 Å². The van der Waals surface area contributed by atoms with Crippen molar-refractivity contribution in [1.82, 2.24) is 16.0 Å². The minimum absolute atomic E-state index is 0.223. The van der Waals surface area contributed by atoms with Gasteiger partial charge in [-0.05, 0) is 31.0 Å². The van der Waals surface area contributed by atoms with E-state index in [1.165, 1.54) is 0 Å². The molecule has 2 heterocycles. The Morgan fingerprint density at radius 2 is 2.00 bits per heavy atom. The Hall–Kier alpha value is -3.06. The van der Waals surface area contributed by atoms with Crippen molar-refractivity contribution in [3.8, 4) is 0 Å². The van der Waals surface area contributed by atoms with Gasteiger partial charge in [0, 0.05) is 12.2 Å². The van der Waals surface area contributed by atoms with Crippen LogP contribution >= 0.6 is 0 Å². The molecule has 28 heavy (non-hydrogen) atoms. The van der Waals surface area contributed by atoms with E-state index in [1.807, 2.05) is 49.4 Å². The number of hydrogen-bond donors (Lipinski definition) is 3. The van der Waals surface area contributed by atoms with Crippen LogP contribution in [0.4, 0.5) is 4.79 Å². The molecule has 1 aromatic carbocycles. The van der Waals surface area contributed by atoms with Crippen molar-refractivity contribution < 1.29 is 18.7 Å². The standard InChI is InChI=1S/C21H25N3O4/c1-3-15-18(20(25)27-4-2)16(24-21(26)23-15)13-22-19(17-11-8-12-28-17)14-9-6-5-7-10-14/h5-12,15,19,22H,3-4,13H2,1-2H3,(H2,23,24,26)/t15-,19-/m1/s1. The SMILES string of the molecule is CCOC(=O)C1=C(CN[C@H](c2ccccc2)c2ccco2)NC(=O)N[C@@H]1CC. The predicted octanol–water partition coefficient (Wildman–Crippen LogP) is 2.87. The van der Waals surface area contributed by atoms with Crippen LogP contribution in [0.2, 0.25) is 0 Å². The Morgan fingerprint density at radius 3 is 2.64 bits per heavy atom. The summed E-state index contributed by atoms with van der Waals surface area (Å²) in [6, 6.07) is 12.6. The lowest BCUT2D eigenvalue weighted by Crippen LogP contribution is -2.52. The Morgan fingerprint density at radius 1 is 1.21 bits per heavy atom. The molecule has 0 fully saturated rings. The van der Waals surface area contributed by atoms with Crippen molar-refractivity contribution in [2.75, 3.05) is 13.2 Å². The molecule has 7 heteroatoms. The largest absolute Gasteiger partial charge is 0.467 e. The monoisotopic (exact) mass is 383 g/mol. The topological polar surface area (TPSA) is 92.6 Å². The van der Waals surface area contributed by atoms with Crippen molar-refractivity contribution in [3.63, 3.8) is 0 Å². The molecule has 0 spiro atoms. The fourth-order valence-electron chi connectivity index (χ4n) is 3.29. The van der Waals surface area contributed by atoms with Gasteiger partial charge >= 0.3 is 12.0 Å². The third-order valence-electron chi connectivity index (χ3n) is 4.59. The minimum Gasteiger partial charge on any atom is -0.467 e. The average Bonchev–Trinajstić information content (AvgIpc) is 3.23. The maximum Gasteiger partial charge on any atom is 0.337 e. The first-order valence-corrected chi connectivity index (χ1v) is 9.43. The van der Waals surface area contributed by atoms with E-state index in [0.29, 0.717) is 17.7 Å². The van der Waals surface area contributed by atoms with E-state index in [1.54, 1.807) is 13.2 Å². The normalized spacial score (nSPS) is 17.6. The lowest BCUT2D eigenvalue weighted by molar-refractivity contribution is -0.139. The van der Waals surface area contributed by atoms with Crippen molar-refractivity contribution in [2.24, 2.45) is 0 Å². The highest BCUT2D eigenvalue weighted by atomic mass is 16.5. The molecule has 148 valence electrons. The van der Waals surface area contributed by atoms with E-state index in [2.05, 4.69) is 16.0 Å². The number of urea groups is 1. The first kappa shape index (κ1) is 19.7. The number of nitrogens with one attached hydrogen (secondary N) is 3. The molecule has 1 aliphatic rings. The first-order valence-electron chi connectivity index (χ1n) is 9.43. The first-order chi connectivity index (χ1) is 13.6. The molecular formula is C21H25N3O4. The molecule has 7 nitrogen and oxygen atoms in total. The quantitative estimate of drug-likeness (QED) is 0.610. The molecule has 0 aliphatic carbocycles. The number of esters is 1. The molecule has 3 N–H and O–H groups in total. The summed E-state index contributed by atoms with van der Waals surface area (Å²) in [6.07, 6.45) is 2.21. The van der Waals surface area contributed by atoms with Crippen LogP contribution in [-0.4, -0.2) is 31.2 Å². The summed E-state index contributed by atoms with van der Waals surface area (Å²) in [5, 5.41) is 8.93. The summed E-state index contributed by atoms with van der Waals surface area (Å²) < 4.78 is 10.8. The van der Waals surface area contributed by atoms with Gasteiger partial charge in [-0.2, -0.15) is 0 Å². The number of hydrogen-bond acceptors (Lipinski definition) is 5. The number of ether oxygens (including phenoxy) is 1. The minimum atomic E-state index is -0.423. The molecule has 0 saturated heterocycles. The number of carbonyl (C=O) groups is 2. The maximum atomic E-state index is 12.5. The Labute approximate surface area is 164 Å². The molecular weight excluding hydrogens is 358 g/mol. The van der Waals surface area contributed by atoms with E-state index in [4.69, 9.17) is 9.15 Å². The number of benzene rings is 1. The zero-order chi connectivity index (χ0) is 19.9. The van der Waals surface area contributed by atoms with Crippen LogP contribution in [0.25, 0.3) is 0 Å². The zero-order valence-electron chi connectivity index (χ0n) is 16.0. The van der Waals surface area contributed by atoms with Gasteiger partial charge in [-0.25, -0.2) is 9.59 Å². The van der Waals surface area contributed by atoms with Gasteiger partial charge in [-0.3, -0.25) is 5.32 Å². The second-order valence-electron chi connectivity index (χ2n) is 6.41. The van der Waals surface area contributed by atoms with Crippen molar-refractivity contribution in [2.45, 2.75) is 32.4 Å². The molecule has 1 aliphatic heterocycles. The maximum absolute atomic E-state index is 12.5. The lowest BCUT2D eigenvalue weighted by atomic mass is 9.99. The van der Waals surface area contributed by atoms with Gasteiger partial charge < -0.3 is 19.8 Å². The van der Waals surface area contributed by atoms with Gasteiger partial charge in [-0.1, -0.05) is 37.3 Å². The van der Waals surface area contributed by atoms with Gasteiger partial charge in [0.05, 0.1) is 30.5 Å². The van der Waals surface area contributed by atoms with Gasteiger partial charge in [0.25, 0.3) is 0 Å². The number of rotatable bonds is 8. The van der Waals surface area contributed by atoms with Crippen LogP contribution < -0.4 is 16.0 Å². The third-order valence-corrected chi connectivity index (χ3v) is 4.59. The fraction of sp³-hybridized carbons (Fsp3) is 0.333. The molecule has 2 atom stereocenters. The summed E-state index contributed by atoms with van der Waals surface area (Å²) in [6.45, 7) is 4.22. The average molecular weight is 383 g/mol.